The molecule has 120 valence electrons. The van der Waals surface area contributed by atoms with Gasteiger partial charge in [0, 0.05) is 14.3 Å². The molecule has 2 rings (SSSR count). The third kappa shape index (κ3) is 6.60. The van der Waals surface area contributed by atoms with Crippen molar-refractivity contribution in [3.63, 3.8) is 0 Å². The van der Waals surface area contributed by atoms with Crippen molar-refractivity contribution in [2.45, 2.75) is 51.9 Å². The molecule has 0 nitrogen and oxygen atoms in total. The van der Waals surface area contributed by atoms with Crippen molar-refractivity contribution in [3.05, 3.63) is 60.7 Å². The Morgan fingerprint density at radius 3 is 1.78 bits per heavy atom. The molecule has 2 aromatic carbocycles. The average molecular weight is 322 g/mol. The van der Waals surface area contributed by atoms with Crippen LogP contribution in [0.4, 0.5) is 0 Å². The molecule has 0 unspecified atom stereocenters. The molecular formula is C22H27P. The lowest BCUT2D eigenvalue weighted by Crippen LogP contribution is -2.09. The molecule has 0 aromatic heterocycles. The van der Waals surface area contributed by atoms with Crippen molar-refractivity contribution in [1.29, 1.82) is 0 Å². The van der Waals surface area contributed by atoms with Gasteiger partial charge in [0.05, 0.1) is 0 Å². The van der Waals surface area contributed by atoms with E-state index in [9.17, 15) is 0 Å². The molecule has 0 saturated heterocycles. The van der Waals surface area contributed by atoms with Gasteiger partial charge in [0.25, 0.3) is 0 Å². The number of hydrogen-bond acceptors (Lipinski definition) is 0. The summed E-state index contributed by atoms with van der Waals surface area (Å²) < 4.78 is 0. The Kier molecular flexibility index (Phi) is 8.53. The first-order valence-electron chi connectivity index (χ1n) is 8.80. The van der Waals surface area contributed by atoms with Gasteiger partial charge < -0.3 is 0 Å². The van der Waals surface area contributed by atoms with Crippen LogP contribution in [0.25, 0.3) is 0 Å². The minimum absolute atomic E-state index is 0.542. The Hall–Kier alpha value is -1.57. The fourth-order valence-corrected chi connectivity index (χ4v) is 4.33. The van der Waals surface area contributed by atoms with Crippen LogP contribution in [0.2, 0.25) is 0 Å². The lowest BCUT2D eigenvalue weighted by atomic mass is 10.1. The van der Waals surface area contributed by atoms with E-state index in [2.05, 4.69) is 79.2 Å². The predicted octanol–water partition coefficient (Wildman–Crippen LogP) is 5.83. The Morgan fingerprint density at radius 1 is 0.696 bits per heavy atom. The topological polar surface area (TPSA) is 0 Å². The van der Waals surface area contributed by atoms with E-state index in [-0.39, 0.29) is 0 Å². The van der Waals surface area contributed by atoms with Gasteiger partial charge in [0.15, 0.2) is 0 Å². The number of hydrogen-bond donors (Lipinski definition) is 0. The van der Waals surface area contributed by atoms with Crippen molar-refractivity contribution >= 4 is 18.5 Å². The van der Waals surface area contributed by atoms with Crippen molar-refractivity contribution in [3.8, 4) is 11.6 Å². The SMILES string of the molecule is CCCCCCCCC#CP(c1ccccc1)c1ccccc1. The van der Waals surface area contributed by atoms with Gasteiger partial charge >= 0.3 is 0 Å². The van der Waals surface area contributed by atoms with Crippen molar-refractivity contribution in [2.24, 2.45) is 0 Å². The van der Waals surface area contributed by atoms with Crippen LogP contribution in [-0.4, -0.2) is 0 Å². The molecule has 0 atom stereocenters. The maximum atomic E-state index is 3.57. The van der Waals surface area contributed by atoms with Crippen LogP contribution in [-0.2, 0) is 0 Å². The highest BCUT2D eigenvalue weighted by atomic mass is 31.1. The molecule has 0 aliphatic carbocycles. The minimum Gasteiger partial charge on any atom is -0.0980 e. The largest absolute Gasteiger partial charge is 0.0980 e. The molecular weight excluding hydrogens is 295 g/mol. The molecule has 2 aromatic rings. The lowest BCUT2D eigenvalue weighted by molar-refractivity contribution is 0.614. The van der Waals surface area contributed by atoms with Crippen molar-refractivity contribution in [1.82, 2.24) is 0 Å². The summed E-state index contributed by atoms with van der Waals surface area (Å²) in [6, 6.07) is 21.4. The van der Waals surface area contributed by atoms with Gasteiger partial charge in [0.2, 0.25) is 0 Å². The number of unbranched alkanes of at least 4 members (excludes halogenated alkanes) is 6. The van der Waals surface area contributed by atoms with Gasteiger partial charge in [-0.3, -0.25) is 0 Å². The third-order valence-electron chi connectivity index (χ3n) is 3.87. The number of rotatable bonds is 8. The summed E-state index contributed by atoms with van der Waals surface area (Å²) in [5.41, 5.74) is 3.57. The third-order valence-corrected chi connectivity index (χ3v) is 5.89. The molecule has 0 aliphatic rings. The normalized spacial score (nSPS) is 10.3. The molecule has 23 heavy (non-hydrogen) atoms. The molecule has 0 amide bonds. The van der Waals surface area contributed by atoms with Crippen LogP contribution in [0.15, 0.2) is 60.7 Å². The highest BCUT2D eigenvalue weighted by Crippen LogP contribution is 2.31. The molecule has 0 N–H and O–H groups in total. The van der Waals surface area contributed by atoms with Crippen LogP contribution < -0.4 is 10.6 Å². The summed E-state index contributed by atoms with van der Waals surface area (Å²) in [5, 5.41) is 2.70. The zero-order valence-electron chi connectivity index (χ0n) is 14.2. The van der Waals surface area contributed by atoms with E-state index in [1.165, 1.54) is 49.1 Å². The van der Waals surface area contributed by atoms with E-state index >= 15 is 0 Å². The second-order valence-corrected chi connectivity index (χ2v) is 7.74. The number of benzene rings is 2. The van der Waals surface area contributed by atoms with E-state index in [1.807, 2.05) is 0 Å². The van der Waals surface area contributed by atoms with Gasteiger partial charge in [-0.25, -0.2) is 0 Å². The van der Waals surface area contributed by atoms with Crippen LogP contribution in [0.1, 0.15) is 51.9 Å². The van der Waals surface area contributed by atoms with Gasteiger partial charge in [-0.2, -0.15) is 0 Å². The van der Waals surface area contributed by atoms with E-state index in [4.69, 9.17) is 0 Å². The quantitative estimate of drug-likeness (QED) is 0.326. The van der Waals surface area contributed by atoms with Crippen LogP contribution >= 0.6 is 7.92 Å². The Morgan fingerprint density at radius 2 is 1.22 bits per heavy atom. The summed E-state index contributed by atoms with van der Waals surface area (Å²) in [4.78, 5) is 0. The summed E-state index contributed by atoms with van der Waals surface area (Å²) in [7, 11) is -0.542. The standard InChI is InChI=1S/C22H27P/c1-2-3-4-5-6-7-8-15-20-23(21-16-11-9-12-17-21)22-18-13-10-14-19-22/h9-14,16-19H,2-8H2,1H3. The lowest BCUT2D eigenvalue weighted by Gasteiger charge is -2.11. The highest BCUT2D eigenvalue weighted by Gasteiger charge is 2.09. The van der Waals surface area contributed by atoms with Gasteiger partial charge in [-0.15, -0.1) is 0 Å². The van der Waals surface area contributed by atoms with E-state index in [1.54, 1.807) is 0 Å². The smallest absolute Gasteiger partial charge is 0.0344 e. The molecule has 1 heteroatoms. The van der Waals surface area contributed by atoms with Gasteiger partial charge in [-0.05, 0) is 17.0 Å². The van der Waals surface area contributed by atoms with E-state index in [0.29, 0.717) is 0 Å². The molecule has 0 bridgehead atoms. The fourth-order valence-electron chi connectivity index (χ4n) is 2.56. The molecule has 0 fully saturated rings. The molecule has 0 radical (unpaired) electrons. The first kappa shape index (κ1) is 17.8. The predicted molar refractivity (Wildman–Crippen MR) is 105 cm³/mol. The second-order valence-electron chi connectivity index (χ2n) is 5.81. The summed E-state index contributed by atoms with van der Waals surface area (Å²) in [6.45, 7) is 2.26. The first-order valence-corrected chi connectivity index (χ1v) is 10.1. The van der Waals surface area contributed by atoms with Crippen LogP contribution in [0.5, 0.6) is 0 Å². The van der Waals surface area contributed by atoms with Gasteiger partial charge in [-0.1, -0.05) is 111 Å². The average Bonchev–Trinajstić information content (AvgIpc) is 2.62. The molecule has 0 heterocycles. The highest BCUT2D eigenvalue weighted by molar-refractivity contribution is 7.77. The van der Waals surface area contributed by atoms with E-state index < -0.39 is 7.92 Å². The summed E-state index contributed by atoms with van der Waals surface area (Å²) in [6.07, 6.45) is 9.03. The molecule has 0 aliphatic heterocycles. The summed E-state index contributed by atoms with van der Waals surface area (Å²) >= 11 is 0. The second kappa shape index (κ2) is 11.0. The van der Waals surface area contributed by atoms with Gasteiger partial charge in [0.1, 0.15) is 0 Å². The Labute approximate surface area is 143 Å². The van der Waals surface area contributed by atoms with E-state index in [0.717, 1.165) is 6.42 Å². The minimum atomic E-state index is -0.542. The zero-order valence-corrected chi connectivity index (χ0v) is 15.1. The molecule has 0 saturated carbocycles. The fraction of sp³-hybridized carbons (Fsp3) is 0.364. The van der Waals surface area contributed by atoms with Crippen LogP contribution in [0, 0.1) is 11.6 Å². The summed E-state index contributed by atoms with van der Waals surface area (Å²) in [5.74, 6) is 3.45. The Balaban J connectivity index is 1.93. The maximum Gasteiger partial charge on any atom is 0.0344 e. The maximum absolute atomic E-state index is 3.57. The van der Waals surface area contributed by atoms with Crippen LogP contribution in [0.3, 0.4) is 0 Å². The Bertz CT molecular complexity index is 553. The monoisotopic (exact) mass is 322 g/mol. The first-order chi connectivity index (χ1) is 11.4. The molecule has 0 spiro atoms. The van der Waals surface area contributed by atoms with Crippen molar-refractivity contribution in [2.75, 3.05) is 0 Å². The zero-order chi connectivity index (χ0) is 16.2. The van der Waals surface area contributed by atoms with Crippen molar-refractivity contribution < 1.29 is 0 Å².